The number of aliphatic hydroxyl groups is 2. The van der Waals surface area contributed by atoms with E-state index in [4.69, 9.17) is 0 Å². The summed E-state index contributed by atoms with van der Waals surface area (Å²) in [7, 11) is 0. The summed E-state index contributed by atoms with van der Waals surface area (Å²) in [6.45, 7) is 15.7. The van der Waals surface area contributed by atoms with E-state index in [0.29, 0.717) is 24.7 Å². The number of hydrogen-bond acceptors (Lipinski definition) is 3. The molecule has 0 heterocycles. The molecule has 192 valence electrons. The van der Waals surface area contributed by atoms with Crippen molar-refractivity contribution in [2.75, 3.05) is 0 Å². The summed E-state index contributed by atoms with van der Waals surface area (Å²) in [5.41, 5.74) is 2.34. The molecule has 0 bridgehead atoms. The Kier molecular flexibility index (Phi) is 6.47. The van der Waals surface area contributed by atoms with Gasteiger partial charge in [-0.1, -0.05) is 57.9 Å². The quantitative estimate of drug-likeness (QED) is 0.406. The van der Waals surface area contributed by atoms with E-state index < -0.39 is 18.0 Å². The molecule has 0 aromatic carbocycles. The van der Waals surface area contributed by atoms with Crippen LogP contribution >= 0.6 is 0 Å². The minimum absolute atomic E-state index is 0.103. The van der Waals surface area contributed by atoms with Crippen LogP contribution in [0.2, 0.25) is 0 Å². The summed E-state index contributed by atoms with van der Waals surface area (Å²) in [6.07, 6.45) is 10.6. The van der Waals surface area contributed by atoms with E-state index in [-0.39, 0.29) is 33.7 Å². The monoisotopic (exact) mass is 472 g/mol. The molecule has 3 unspecified atom stereocenters. The van der Waals surface area contributed by atoms with E-state index in [1.165, 1.54) is 11.1 Å². The first-order valence-corrected chi connectivity index (χ1v) is 13.6. The first-order valence-electron chi connectivity index (χ1n) is 13.6. The molecule has 34 heavy (non-hydrogen) atoms. The average molecular weight is 473 g/mol. The molecule has 4 nitrogen and oxygen atoms in total. The Morgan fingerprint density at radius 3 is 2.41 bits per heavy atom. The number of fused-ring (bicyclic) bond motifs is 5. The lowest BCUT2D eigenvalue weighted by Crippen LogP contribution is -2.58. The largest absolute Gasteiger partial charge is 0.481 e. The predicted molar refractivity (Wildman–Crippen MR) is 136 cm³/mol. The molecule has 4 heteroatoms. The van der Waals surface area contributed by atoms with Crippen molar-refractivity contribution in [2.45, 2.75) is 112 Å². The fourth-order valence-corrected chi connectivity index (χ4v) is 9.53. The summed E-state index contributed by atoms with van der Waals surface area (Å²) in [4.78, 5) is 12.5. The highest BCUT2D eigenvalue weighted by molar-refractivity contribution is 5.71. The van der Waals surface area contributed by atoms with Gasteiger partial charge in [-0.3, -0.25) is 4.79 Å². The predicted octanol–water partition coefficient (Wildman–Crippen LogP) is 6.37. The molecule has 0 aromatic rings. The van der Waals surface area contributed by atoms with Gasteiger partial charge in [0.2, 0.25) is 0 Å². The molecule has 4 rings (SSSR count). The van der Waals surface area contributed by atoms with Crippen LogP contribution in [0.1, 0.15) is 99.8 Å². The van der Waals surface area contributed by atoms with Crippen LogP contribution in [0, 0.1) is 45.3 Å². The maximum absolute atomic E-state index is 12.5. The molecule has 0 aromatic heterocycles. The van der Waals surface area contributed by atoms with E-state index >= 15 is 0 Å². The Morgan fingerprint density at radius 1 is 1.12 bits per heavy atom. The van der Waals surface area contributed by atoms with Crippen LogP contribution in [0.4, 0.5) is 0 Å². The number of allylic oxidation sites excluding steroid dienone is 4. The van der Waals surface area contributed by atoms with Gasteiger partial charge in [0.15, 0.2) is 0 Å². The third-order valence-corrected chi connectivity index (χ3v) is 11.7. The van der Waals surface area contributed by atoms with Crippen molar-refractivity contribution in [3.05, 3.63) is 23.3 Å². The van der Waals surface area contributed by atoms with Crippen LogP contribution in [0.3, 0.4) is 0 Å². The van der Waals surface area contributed by atoms with Gasteiger partial charge in [0, 0.05) is 5.92 Å². The van der Waals surface area contributed by atoms with E-state index in [1.54, 1.807) is 0 Å². The lowest BCUT2D eigenvalue weighted by Gasteiger charge is -2.64. The minimum Gasteiger partial charge on any atom is -0.481 e. The number of aliphatic carboxylic acids is 1. The van der Waals surface area contributed by atoms with Crippen molar-refractivity contribution in [3.8, 4) is 0 Å². The second-order valence-electron chi connectivity index (χ2n) is 13.8. The van der Waals surface area contributed by atoms with Gasteiger partial charge in [-0.05, 0) is 98.7 Å². The second kappa shape index (κ2) is 8.47. The highest BCUT2D eigenvalue weighted by atomic mass is 16.4. The zero-order valence-corrected chi connectivity index (χ0v) is 22.5. The highest BCUT2D eigenvalue weighted by Crippen LogP contribution is 2.73. The maximum Gasteiger partial charge on any atom is 0.306 e. The number of carboxylic acid groups (broad SMARTS) is 1. The van der Waals surface area contributed by atoms with Gasteiger partial charge in [-0.2, -0.15) is 0 Å². The summed E-state index contributed by atoms with van der Waals surface area (Å²) in [6, 6.07) is 0. The highest BCUT2D eigenvalue weighted by Gasteiger charge is 2.68. The van der Waals surface area contributed by atoms with Crippen LogP contribution in [-0.4, -0.2) is 33.5 Å². The molecule has 9 atom stereocenters. The molecule has 0 radical (unpaired) electrons. The van der Waals surface area contributed by atoms with Crippen molar-refractivity contribution in [1.29, 1.82) is 0 Å². The maximum atomic E-state index is 12.5. The first kappa shape index (κ1) is 25.9. The average Bonchev–Trinajstić information content (AvgIpc) is 2.94. The number of carboxylic acids is 1. The van der Waals surface area contributed by atoms with Gasteiger partial charge in [-0.25, -0.2) is 0 Å². The molecule has 0 amide bonds. The number of rotatable bonds is 5. The van der Waals surface area contributed by atoms with Crippen molar-refractivity contribution < 1.29 is 20.1 Å². The molecule has 4 aliphatic carbocycles. The van der Waals surface area contributed by atoms with Gasteiger partial charge < -0.3 is 15.3 Å². The number of carbonyl (C=O) groups is 1. The molecule has 0 saturated heterocycles. The Bertz CT molecular complexity index is 882. The van der Waals surface area contributed by atoms with Gasteiger partial charge in [0.05, 0.1) is 18.1 Å². The summed E-state index contributed by atoms with van der Waals surface area (Å²) in [5.74, 6) is -0.603. The van der Waals surface area contributed by atoms with Crippen LogP contribution < -0.4 is 0 Å². The molecule has 3 saturated carbocycles. The molecule has 4 aliphatic rings. The fraction of sp³-hybridized carbons (Fsp3) is 0.833. The Hall–Kier alpha value is -1.13. The molecular formula is C30H48O4. The van der Waals surface area contributed by atoms with Crippen molar-refractivity contribution >= 4 is 5.97 Å². The Morgan fingerprint density at radius 2 is 1.79 bits per heavy atom. The standard InChI is InChI=1S/C30H48O4/c1-18(2)9-8-10-19(26(33)34)25-22(31)17-30(7)21-11-12-23-27(3,4)24(32)14-15-28(23,5)20(21)13-16-29(25,30)6/h9,11,19-20,22-25,31-32H,8,10,12-17H2,1-7H3,(H,33,34)/t19?,20?,22-,23?,24-,25+,28+,29-,30+/m0/s1. The third-order valence-electron chi connectivity index (χ3n) is 11.7. The zero-order chi connectivity index (χ0) is 25.3. The Labute approximate surface area is 206 Å². The normalized spacial score (nSPS) is 45.9. The zero-order valence-electron chi connectivity index (χ0n) is 22.5. The van der Waals surface area contributed by atoms with Gasteiger partial charge in [0.1, 0.15) is 0 Å². The van der Waals surface area contributed by atoms with Crippen LogP contribution in [-0.2, 0) is 4.79 Å². The molecule has 0 aliphatic heterocycles. The van der Waals surface area contributed by atoms with Crippen LogP contribution in [0.5, 0.6) is 0 Å². The molecule has 0 spiro atoms. The van der Waals surface area contributed by atoms with E-state index in [1.807, 2.05) is 0 Å². The van der Waals surface area contributed by atoms with Gasteiger partial charge >= 0.3 is 5.97 Å². The summed E-state index contributed by atoms with van der Waals surface area (Å²) < 4.78 is 0. The summed E-state index contributed by atoms with van der Waals surface area (Å²) >= 11 is 0. The second-order valence-corrected chi connectivity index (χ2v) is 13.8. The summed E-state index contributed by atoms with van der Waals surface area (Å²) in [5, 5.41) is 32.5. The lowest BCUT2D eigenvalue weighted by molar-refractivity contribution is -0.151. The van der Waals surface area contributed by atoms with Crippen molar-refractivity contribution in [1.82, 2.24) is 0 Å². The Balaban J connectivity index is 1.71. The third kappa shape index (κ3) is 3.57. The topological polar surface area (TPSA) is 77.8 Å². The minimum atomic E-state index is -0.758. The fourth-order valence-electron chi connectivity index (χ4n) is 9.53. The van der Waals surface area contributed by atoms with Gasteiger partial charge in [-0.15, -0.1) is 0 Å². The SMILES string of the molecule is CC(C)=CCCC(C(=O)O)[C@@H]1[C@@H](O)C[C@]2(C)C3=CCC4C(C)(C)[C@@H](O)CC[C@]4(C)C3CC[C@@]12C. The van der Waals surface area contributed by atoms with E-state index in [0.717, 1.165) is 38.5 Å². The first-order chi connectivity index (χ1) is 15.7. The number of hydrogen-bond donors (Lipinski definition) is 3. The molecule has 3 fully saturated rings. The lowest BCUT2D eigenvalue weighted by atomic mass is 9.41. The van der Waals surface area contributed by atoms with Gasteiger partial charge in [0.25, 0.3) is 0 Å². The number of aliphatic hydroxyl groups excluding tert-OH is 2. The van der Waals surface area contributed by atoms with Crippen molar-refractivity contribution in [3.63, 3.8) is 0 Å². The molecular weight excluding hydrogens is 424 g/mol. The van der Waals surface area contributed by atoms with E-state index in [2.05, 4.69) is 60.6 Å². The van der Waals surface area contributed by atoms with Crippen molar-refractivity contribution in [2.24, 2.45) is 45.3 Å². The van der Waals surface area contributed by atoms with E-state index in [9.17, 15) is 20.1 Å². The smallest absolute Gasteiger partial charge is 0.306 e. The molecule has 3 N–H and O–H groups in total. The van der Waals surface area contributed by atoms with Crippen LogP contribution in [0.15, 0.2) is 23.3 Å². The van der Waals surface area contributed by atoms with Crippen LogP contribution in [0.25, 0.3) is 0 Å².